The van der Waals surface area contributed by atoms with Crippen molar-refractivity contribution in [2.45, 2.75) is 32.0 Å². The van der Waals surface area contributed by atoms with Crippen molar-refractivity contribution in [1.29, 1.82) is 0 Å². The van der Waals surface area contributed by atoms with Gasteiger partial charge in [-0.15, -0.1) is 0 Å². The third-order valence-electron chi connectivity index (χ3n) is 6.43. The van der Waals surface area contributed by atoms with E-state index < -0.39 is 17.8 Å². The average molecular weight is 533 g/mol. The van der Waals surface area contributed by atoms with Crippen molar-refractivity contribution >= 4 is 11.7 Å². The Morgan fingerprint density at radius 1 is 0.846 bits per heavy atom. The lowest BCUT2D eigenvalue weighted by atomic mass is 9.88. The zero-order valence-corrected chi connectivity index (χ0v) is 21.7. The van der Waals surface area contributed by atoms with Crippen molar-refractivity contribution in [3.8, 4) is 5.75 Å². The van der Waals surface area contributed by atoms with Crippen LogP contribution in [0.25, 0.3) is 0 Å². The number of benzene rings is 4. The van der Waals surface area contributed by atoms with Gasteiger partial charge in [0.2, 0.25) is 0 Å². The summed E-state index contributed by atoms with van der Waals surface area (Å²) >= 11 is 0. The lowest BCUT2D eigenvalue weighted by molar-refractivity contribution is -0.137. The van der Waals surface area contributed by atoms with Crippen LogP contribution < -0.4 is 10.1 Å². The maximum Gasteiger partial charge on any atom is 0.416 e. The fourth-order valence-corrected chi connectivity index (χ4v) is 4.49. The highest BCUT2D eigenvalue weighted by Crippen LogP contribution is 2.31. The number of halogens is 3. The van der Waals surface area contributed by atoms with E-state index in [9.17, 15) is 18.0 Å². The second-order valence-corrected chi connectivity index (χ2v) is 9.17. The fraction of sp³-hybridized carbons (Fsp3) is 0.219. The summed E-state index contributed by atoms with van der Waals surface area (Å²) in [6.07, 6.45) is -3.87. The zero-order chi connectivity index (χ0) is 27.7. The van der Waals surface area contributed by atoms with Crippen LogP contribution in [0.5, 0.6) is 5.75 Å². The first-order chi connectivity index (χ1) is 18.8. The second-order valence-electron chi connectivity index (χ2n) is 9.17. The molecule has 0 heterocycles. The molecule has 0 spiro atoms. The first kappa shape index (κ1) is 27.8. The standard InChI is InChI=1S/C32H31F3N2O2/c1-2-39-29-18-16-24(17-19-29)23-37(31(38)36-28-15-9-14-27(22-28)32(33,34)35)21-20-30(25-10-5-3-6-11-25)26-12-7-4-8-13-26/h3-19,22,30H,2,20-21,23H2,1H3,(H,36,38). The maximum absolute atomic E-state index is 13.4. The average Bonchev–Trinajstić information content (AvgIpc) is 2.94. The molecule has 0 fully saturated rings. The van der Waals surface area contributed by atoms with Crippen LogP contribution in [0, 0.1) is 0 Å². The van der Waals surface area contributed by atoms with Crippen LogP contribution in [-0.4, -0.2) is 24.1 Å². The van der Waals surface area contributed by atoms with E-state index in [1.165, 1.54) is 12.1 Å². The minimum absolute atomic E-state index is 0.0385. The van der Waals surface area contributed by atoms with E-state index in [2.05, 4.69) is 29.6 Å². The molecule has 0 bridgehead atoms. The lowest BCUT2D eigenvalue weighted by Crippen LogP contribution is -2.36. The highest BCUT2D eigenvalue weighted by molar-refractivity contribution is 5.89. The van der Waals surface area contributed by atoms with Crippen LogP contribution in [0.3, 0.4) is 0 Å². The van der Waals surface area contributed by atoms with Crippen molar-refractivity contribution < 1.29 is 22.7 Å². The van der Waals surface area contributed by atoms with Crippen molar-refractivity contribution in [3.05, 3.63) is 131 Å². The Kier molecular flexibility index (Phi) is 9.26. The summed E-state index contributed by atoms with van der Waals surface area (Å²) in [5.41, 5.74) is 2.42. The van der Waals surface area contributed by atoms with E-state index in [0.29, 0.717) is 19.6 Å². The monoisotopic (exact) mass is 532 g/mol. The Labute approximate surface area is 227 Å². The SMILES string of the molecule is CCOc1ccc(CN(CCC(c2ccccc2)c2ccccc2)C(=O)Nc2cccc(C(F)(F)F)c2)cc1. The largest absolute Gasteiger partial charge is 0.494 e. The third kappa shape index (κ3) is 7.87. The molecule has 0 saturated heterocycles. The van der Waals surface area contributed by atoms with Gasteiger partial charge in [0.15, 0.2) is 0 Å². The highest BCUT2D eigenvalue weighted by Gasteiger charge is 2.30. The van der Waals surface area contributed by atoms with Crippen LogP contribution in [-0.2, 0) is 12.7 Å². The van der Waals surface area contributed by atoms with Crippen molar-refractivity contribution in [3.63, 3.8) is 0 Å². The van der Waals surface area contributed by atoms with Gasteiger partial charge in [0.25, 0.3) is 0 Å². The number of carbonyl (C=O) groups excluding carboxylic acids is 1. The Balaban J connectivity index is 1.58. The molecule has 0 radical (unpaired) electrons. The van der Waals surface area contributed by atoms with Crippen molar-refractivity contribution in [2.75, 3.05) is 18.5 Å². The molecule has 4 nitrogen and oxygen atoms in total. The van der Waals surface area contributed by atoms with Gasteiger partial charge >= 0.3 is 12.2 Å². The van der Waals surface area contributed by atoms with E-state index in [1.54, 1.807) is 4.90 Å². The number of amides is 2. The van der Waals surface area contributed by atoms with Crippen molar-refractivity contribution in [2.24, 2.45) is 0 Å². The number of alkyl halides is 3. The number of hydrogen-bond acceptors (Lipinski definition) is 2. The van der Waals surface area contributed by atoms with Gasteiger partial charge in [0.1, 0.15) is 5.75 Å². The molecule has 0 aliphatic carbocycles. The van der Waals surface area contributed by atoms with Gasteiger partial charge in [-0.1, -0.05) is 78.9 Å². The summed E-state index contributed by atoms with van der Waals surface area (Å²) < 4.78 is 45.2. The third-order valence-corrected chi connectivity index (χ3v) is 6.43. The molecule has 0 atom stereocenters. The molecule has 0 aliphatic rings. The molecular formula is C32H31F3N2O2. The molecule has 4 aromatic rings. The molecule has 0 unspecified atom stereocenters. The molecular weight excluding hydrogens is 501 g/mol. The first-order valence-electron chi connectivity index (χ1n) is 12.9. The Morgan fingerprint density at radius 3 is 2.03 bits per heavy atom. The van der Waals surface area contributed by atoms with Gasteiger partial charge in [-0.05, 0) is 60.4 Å². The van der Waals surface area contributed by atoms with Gasteiger partial charge in [-0.2, -0.15) is 13.2 Å². The Bertz CT molecular complexity index is 1290. The van der Waals surface area contributed by atoms with Gasteiger partial charge in [0.05, 0.1) is 12.2 Å². The highest BCUT2D eigenvalue weighted by atomic mass is 19.4. The summed E-state index contributed by atoms with van der Waals surface area (Å²) in [5.74, 6) is 0.769. The van der Waals surface area contributed by atoms with Crippen LogP contribution in [0.4, 0.5) is 23.7 Å². The summed E-state index contributed by atoms with van der Waals surface area (Å²) in [5, 5.41) is 2.67. The topological polar surface area (TPSA) is 41.6 Å². The summed E-state index contributed by atoms with van der Waals surface area (Å²) in [4.78, 5) is 15.1. The Hall–Kier alpha value is -4.26. The number of urea groups is 1. The van der Waals surface area contributed by atoms with Crippen LogP contribution >= 0.6 is 0 Å². The number of anilines is 1. The van der Waals surface area contributed by atoms with E-state index >= 15 is 0 Å². The van der Waals surface area contributed by atoms with E-state index in [0.717, 1.165) is 34.6 Å². The maximum atomic E-state index is 13.4. The number of hydrogen-bond donors (Lipinski definition) is 1. The molecule has 0 saturated carbocycles. The van der Waals surface area contributed by atoms with Gasteiger partial charge in [-0.3, -0.25) is 0 Å². The molecule has 1 N–H and O–H groups in total. The van der Waals surface area contributed by atoms with E-state index in [1.807, 2.05) is 67.6 Å². The number of ether oxygens (including phenoxy) is 1. The van der Waals surface area contributed by atoms with E-state index in [4.69, 9.17) is 4.74 Å². The quantitative estimate of drug-likeness (QED) is 0.223. The van der Waals surface area contributed by atoms with Crippen LogP contribution in [0.1, 0.15) is 41.5 Å². The molecule has 0 aromatic heterocycles. The molecule has 4 aromatic carbocycles. The molecule has 202 valence electrons. The Morgan fingerprint density at radius 2 is 1.46 bits per heavy atom. The van der Waals surface area contributed by atoms with Gasteiger partial charge in [-0.25, -0.2) is 4.79 Å². The molecule has 0 aliphatic heterocycles. The van der Waals surface area contributed by atoms with E-state index in [-0.39, 0.29) is 18.2 Å². The summed E-state index contributed by atoms with van der Waals surface area (Å²) in [6, 6.07) is 31.8. The predicted octanol–water partition coefficient (Wildman–Crippen LogP) is 8.36. The number of carbonyl (C=O) groups is 1. The molecule has 4 rings (SSSR count). The number of nitrogens with zero attached hydrogens (tertiary/aromatic N) is 1. The predicted molar refractivity (Wildman–Crippen MR) is 148 cm³/mol. The van der Waals surface area contributed by atoms with Crippen LogP contribution in [0.15, 0.2) is 109 Å². The molecule has 39 heavy (non-hydrogen) atoms. The molecule has 2 amide bonds. The second kappa shape index (κ2) is 13.0. The van der Waals surface area contributed by atoms with Gasteiger partial charge < -0.3 is 15.0 Å². The number of nitrogens with one attached hydrogen (secondary N) is 1. The summed E-state index contributed by atoms with van der Waals surface area (Å²) in [6.45, 7) is 3.12. The first-order valence-corrected chi connectivity index (χ1v) is 12.9. The minimum Gasteiger partial charge on any atom is -0.494 e. The van der Waals surface area contributed by atoms with Crippen LogP contribution in [0.2, 0.25) is 0 Å². The number of rotatable bonds is 10. The normalized spacial score (nSPS) is 11.3. The zero-order valence-electron chi connectivity index (χ0n) is 21.7. The van der Waals surface area contributed by atoms with Crippen molar-refractivity contribution in [1.82, 2.24) is 4.90 Å². The van der Waals surface area contributed by atoms with Gasteiger partial charge in [0, 0.05) is 24.7 Å². The lowest BCUT2D eigenvalue weighted by Gasteiger charge is -2.27. The smallest absolute Gasteiger partial charge is 0.416 e. The summed E-state index contributed by atoms with van der Waals surface area (Å²) in [7, 11) is 0. The fourth-order valence-electron chi connectivity index (χ4n) is 4.49. The minimum atomic E-state index is -4.50. The molecule has 7 heteroatoms.